The van der Waals surface area contributed by atoms with E-state index in [1.54, 1.807) is 12.4 Å². The molecular weight excluding hydrogens is 414 g/mol. The number of carbonyl (C=O) groups excluding carboxylic acids is 1. The van der Waals surface area contributed by atoms with E-state index in [2.05, 4.69) is 21.1 Å². The SMILES string of the molecule is CN(C)CCn1ccnc1/C=C/S(=O)(=O)NC(=O)Nc1c2c(cc3c1CCC3)CCC2. The third-order valence-electron chi connectivity index (χ3n) is 5.88. The summed E-state index contributed by atoms with van der Waals surface area (Å²) in [6, 6.07) is 1.54. The molecule has 2 N–H and O–H groups in total. The number of urea groups is 1. The number of fused-ring (bicyclic) bond motifs is 2. The first kappa shape index (κ1) is 21.6. The maximum Gasteiger partial charge on any atom is 0.333 e. The number of hydrogen-bond donors (Lipinski definition) is 2. The number of likely N-dealkylation sites (N-methyl/N-ethyl adjacent to an activating group) is 1. The molecule has 0 fully saturated rings. The molecule has 9 heteroatoms. The first-order valence-corrected chi connectivity index (χ1v) is 12.2. The fourth-order valence-electron chi connectivity index (χ4n) is 4.40. The van der Waals surface area contributed by atoms with E-state index >= 15 is 0 Å². The number of carbonyl (C=O) groups is 1. The Labute approximate surface area is 183 Å². The van der Waals surface area contributed by atoms with E-state index in [0.717, 1.165) is 67.3 Å². The highest BCUT2D eigenvalue weighted by Gasteiger charge is 2.25. The zero-order valence-electron chi connectivity index (χ0n) is 18.0. The van der Waals surface area contributed by atoms with Gasteiger partial charge in [0, 0.05) is 31.2 Å². The molecule has 1 aromatic heterocycles. The van der Waals surface area contributed by atoms with E-state index < -0.39 is 16.1 Å². The van der Waals surface area contributed by atoms with Gasteiger partial charge >= 0.3 is 6.03 Å². The second-order valence-corrected chi connectivity index (χ2v) is 9.99. The van der Waals surface area contributed by atoms with Gasteiger partial charge in [0.2, 0.25) is 0 Å². The van der Waals surface area contributed by atoms with Crippen LogP contribution < -0.4 is 10.0 Å². The van der Waals surface area contributed by atoms with Crippen LogP contribution in [0.2, 0.25) is 0 Å². The van der Waals surface area contributed by atoms with Crippen LogP contribution in [0.25, 0.3) is 6.08 Å². The van der Waals surface area contributed by atoms with Crippen LogP contribution in [0.1, 0.15) is 40.9 Å². The molecule has 0 unspecified atom stereocenters. The predicted octanol–water partition coefficient (Wildman–Crippen LogP) is 2.54. The number of hydrogen-bond acceptors (Lipinski definition) is 5. The molecule has 2 aromatic rings. The van der Waals surface area contributed by atoms with Gasteiger partial charge in [-0.3, -0.25) is 0 Å². The van der Waals surface area contributed by atoms with Crippen LogP contribution in [-0.4, -0.2) is 49.5 Å². The number of benzene rings is 1. The molecule has 0 saturated carbocycles. The van der Waals surface area contributed by atoms with Crippen molar-refractivity contribution in [2.45, 2.75) is 45.1 Å². The number of nitrogens with one attached hydrogen (secondary N) is 2. The molecule has 166 valence electrons. The molecule has 0 bridgehead atoms. The second-order valence-electron chi connectivity index (χ2n) is 8.42. The average molecular weight is 444 g/mol. The third-order valence-corrected chi connectivity index (χ3v) is 6.84. The van der Waals surface area contributed by atoms with Crippen LogP contribution in [0.3, 0.4) is 0 Å². The number of anilines is 1. The lowest BCUT2D eigenvalue weighted by molar-refractivity contribution is 0.256. The number of amides is 2. The van der Waals surface area contributed by atoms with Crippen molar-refractivity contribution in [2.75, 3.05) is 26.0 Å². The number of rotatable bonds is 7. The van der Waals surface area contributed by atoms with Crippen molar-refractivity contribution >= 4 is 27.8 Å². The lowest BCUT2D eigenvalue weighted by atomic mass is 9.99. The zero-order valence-corrected chi connectivity index (χ0v) is 18.8. The Morgan fingerprint density at radius 1 is 1.16 bits per heavy atom. The minimum Gasteiger partial charge on any atom is -0.330 e. The Morgan fingerprint density at radius 2 is 1.84 bits per heavy atom. The molecule has 0 aliphatic heterocycles. The molecule has 31 heavy (non-hydrogen) atoms. The molecule has 2 aliphatic carbocycles. The molecule has 8 nitrogen and oxygen atoms in total. The minimum absolute atomic E-state index is 0.520. The molecule has 0 saturated heterocycles. The molecule has 0 radical (unpaired) electrons. The molecule has 4 rings (SSSR count). The maximum absolute atomic E-state index is 12.6. The lowest BCUT2D eigenvalue weighted by Gasteiger charge is -2.16. The smallest absolute Gasteiger partial charge is 0.330 e. The Hall–Kier alpha value is -2.65. The number of aromatic nitrogens is 2. The fraction of sp³-hybridized carbons (Fsp3) is 0.455. The minimum atomic E-state index is -3.96. The molecule has 2 aliphatic rings. The summed E-state index contributed by atoms with van der Waals surface area (Å²) in [5, 5.41) is 3.83. The van der Waals surface area contributed by atoms with Crippen LogP contribution in [0, 0.1) is 0 Å². The van der Waals surface area contributed by atoms with E-state index in [1.165, 1.54) is 17.2 Å². The van der Waals surface area contributed by atoms with Crippen molar-refractivity contribution < 1.29 is 13.2 Å². The summed E-state index contributed by atoms with van der Waals surface area (Å²) in [5.41, 5.74) is 5.70. The Bertz CT molecular complexity index is 1090. The van der Waals surface area contributed by atoms with Gasteiger partial charge in [-0.05, 0) is 81.0 Å². The van der Waals surface area contributed by atoms with Crippen molar-refractivity contribution in [3.05, 3.63) is 51.9 Å². The fourth-order valence-corrected chi connectivity index (χ4v) is 5.07. The first-order chi connectivity index (χ1) is 14.8. The predicted molar refractivity (Wildman–Crippen MR) is 121 cm³/mol. The van der Waals surface area contributed by atoms with Crippen LogP contribution in [0.4, 0.5) is 10.5 Å². The summed E-state index contributed by atoms with van der Waals surface area (Å²) in [7, 11) is -0.0212. The highest BCUT2D eigenvalue weighted by molar-refractivity contribution is 7.93. The summed E-state index contributed by atoms with van der Waals surface area (Å²) in [6.45, 7) is 1.49. The van der Waals surface area contributed by atoms with Crippen molar-refractivity contribution in [2.24, 2.45) is 0 Å². The van der Waals surface area contributed by atoms with Crippen molar-refractivity contribution in [1.82, 2.24) is 19.2 Å². The van der Waals surface area contributed by atoms with Gasteiger partial charge in [0.15, 0.2) is 0 Å². The summed E-state index contributed by atoms with van der Waals surface area (Å²) in [4.78, 5) is 18.8. The van der Waals surface area contributed by atoms with E-state index in [0.29, 0.717) is 12.4 Å². The summed E-state index contributed by atoms with van der Waals surface area (Å²) < 4.78 is 28.9. The van der Waals surface area contributed by atoms with Gasteiger partial charge in [0.25, 0.3) is 10.0 Å². The largest absolute Gasteiger partial charge is 0.333 e. The van der Waals surface area contributed by atoms with Gasteiger partial charge in [-0.2, -0.15) is 0 Å². The van der Waals surface area contributed by atoms with Crippen LogP contribution in [-0.2, 0) is 42.3 Å². The van der Waals surface area contributed by atoms with E-state index in [9.17, 15) is 13.2 Å². The summed E-state index contributed by atoms with van der Waals surface area (Å²) >= 11 is 0. The van der Waals surface area contributed by atoms with Gasteiger partial charge in [-0.25, -0.2) is 22.9 Å². The monoisotopic (exact) mass is 443 g/mol. The van der Waals surface area contributed by atoms with Gasteiger partial charge in [0.05, 0.1) is 5.41 Å². The van der Waals surface area contributed by atoms with Gasteiger partial charge in [-0.1, -0.05) is 6.07 Å². The Kier molecular flexibility index (Phi) is 6.15. The highest BCUT2D eigenvalue weighted by Crippen LogP contribution is 2.38. The number of sulfonamides is 1. The molecule has 1 heterocycles. The number of aryl methyl sites for hydroxylation is 2. The van der Waals surface area contributed by atoms with E-state index in [4.69, 9.17) is 0 Å². The third kappa shape index (κ3) is 4.99. The van der Waals surface area contributed by atoms with Crippen LogP contribution >= 0.6 is 0 Å². The van der Waals surface area contributed by atoms with E-state index in [1.807, 2.05) is 23.6 Å². The number of nitrogens with zero attached hydrogens (tertiary/aromatic N) is 3. The Balaban J connectivity index is 1.45. The van der Waals surface area contributed by atoms with Crippen molar-refractivity contribution in [3.63, 3.8) is 0 Å². The molecule has 2 amide bonds. The first-order valence-electron chi connectivity index (χ1n) is 10.7. The molecule has 0 spiro atoms. The highest BCUT2D eigenvalue weighted by atomic mass is 32.2. The summed E-state index contributed by atoms with van der Waals surface area (Å²) in [5.74, 6) is 0.520. The molecule has 1 aromatic carbocycles. The van der Waals surface area contributed by atoms with Gasteiger partial charge in [-0.15, -0.1) is 0 Å². The van der Waals surface area contributed by atoms with Gasteiger partial charge in [0.1, 0.15) is 5.82 Å². The normalized spacial score (nSPS) is 15.5. The quantitative estimate of drug-likeness (QED) is 0.686. The molecule has 0 atom stereocenters. The maximum atomic E-state index is 12.6. The number of imidazole rings is 1. The van der Waals surface area contributed by atoms with Crippen molar-refractivity contribution in [3.8, 4) is 0 Å². The topological polar surface area (TPSA) is 96.3 Å². The van der Waals surface area contributed by atoms with Crippen molar-refractivity contribution in [1.29, 1.82) is 0 Å². The molecular formula is C22H29N5O3S. The second kappa shape index (κ2) is 8.84. The Morgan fingerprint density at radius 3 is 2.48 bits per heavy atom. The van der Waals surface area contributed by atoms with Crippen LogP contribution in [0.15, 0.2) is 23.9 Å². The standard InChI is InChI=1S/C22H29N5O3S/c1-26(2)12-13-27-11-10-23-20(27)9-14-31(29,30)25-22(28)24-21-18-7-3-5-16(18)15-17-6-4-8-19(17)21/h9-11,14-15H,3-8,12-13H2,1-2H3,(H2,24,25,28)/b14-9+. The van der Waals surface area contributed by atoms with Gasteiger partial charge < -0.3 is 14.8 Å². The lowest BCUT2D eigenvalue weighted by Crippen LogP contribution is -2.33. The zero-order chi connectivity index (χ0) is 22.0. The summed E-state index contributed by atoms with van der Waals surface area (Å²) in [6.07, 6.45) is 10.8. The average Bonchev–Trinajstić information content (AvgIpc) is 3.44. The van der Waals surface area contributed by atoms with E-state index in [-0.39, 0.29) is 0 Å². The van der Waals surface area contributed by atoms with Crippen LogP contribution in [0.5, 0.6) is 0 Å².